The SMILES string of the molecule is COC(=O)[C@H](NC(=O)OCc1ccccc1)C1CN(C(C)=O)C1. The highest BCUT2D eigenvalue weighted by molar-refractivity contribution is 5.82. The molecule has 7 heteroatoms. The molecule has 0 bridgehead atoms. The lowest BCUT2D eigenvalue weighted by atomic mass is 9.91. The van der Waals surface area contributed by atoms with Crippen LogP contribution in [0.1, 0.15) is 12.5 Å². The number of carbonyl (C=O) groups excluding carboxylic acids is 3. The smallest absolute Gasteiger partial charge is 0.408 e. The predicted octanol–water partition coefficient (Wildman–Crippen LogP) is 0.933. The van der Waals surface area contributed by atoms with Crippen molar-refractivity contribution < 1.29 is 23.9 Å². The molecule has 1 heterocycles. The number of nitrogens with one attached hydrogen (secondary N) is 1. The number of ether oxygens (including phenoxy) is 2. The van der Waals surface area contributed by atoms with Crippen LogP contribution in [0, 0.1) is 5.92 Å². The van der Waals surface area contributed by atoms with E-state index in [9.17, 15) is 14.4 Å². The molecular formula is C16H20N2O5. The molecule has 0 aromatic heterocycles. The first-order valence-corrected chi connectivity index (χ1v) is 7.32. The number of likely N-dealkylation sites (tertiary alicyclic amines) is 1. The first-order valence-electron chi connectivity index (χ1n) is 7.32. The maximum atomic E-state index is 11.9. The Kier molecular flexibility index (Phi) is 5.56. The number of benzene rings is 1. The van der Waals surface area contributed by atoms with E-state index in [0.717, 1.165) is 5.56 Å². The van der Waals surface area contributed by atoms with Gasteiger partial charge in [0.1, 0.15) is 12.6 Å². The van der Waals surface area contributed by atoms with Crippen LogP contribution in [-0.2, 0) is 25.7 Å². The van der Waals surface area contributed by atoms with Crippen molar-refractivity contribution >= 4 is 18.0 Å². The van der Waals surface area contributed by atoms with Crippen molar-refractivity contribution in [2.24, 2.45) is 5.92 Å². The quantitative estimate of drug-likeness (QED) is 0.816. The van der Waals surface area contributed by atoms with Gasteiger partial charge in [-0.25, -0.2) is 9.59 Å². The molecule has 2 rings (SSSR count). The van der Waals surface area contributed by atoms with E-state index in [4.69, 9.17) is 9.47 Å². The van der Waals surface area contributed by atoms with Gasteiger partial charge in [-0.2, -0.15) is 0 Å². The van der Waals surface area contributed by atoms with Crippen LogP contribution in [0.4, 0.5) is 4.79 Å². The Bertz CT molecular complexity index is 569. The van der Waals surface area contributed by atoms with Gasteiger partial charge < -0.3 is 19.7 Å². The Morgan fingerprint density at radius 2 is 1.91 bits per heavy atom. The minimum atomic E-state index is -0.820. The minimum Gasteiger partial charge on any atom is -0.467 e. The molecule has 1 aliphatic rings. The van der Waals surface area contributed by atoms with Gasteiger partial charge in [-0.3, -0.25) is 4.79 Å². The Morgan fingerprint density at radius 3 is 2.48 bits per heavy atom. The van der Waals surface area contributed by atoms with Gasteiger partial charge in [-0.05, 0) is 5.56 Å². The number of rotatable bonds is 5. The van der Waals surface area contributed by atoms with Gasteiger partial charge >= 0.3 is 12.1 Å². The summed E-state index contributed by atoms with van der Waals surface area (Å²) in [6.45, 7) is 2.40. The lowest BCUT2D eigenvalue weighted by molar-refractivity contribution is -0.149. The molecule has 1 N–H and O–H groups in total. The number of alkyl carbamates (subject to hydrolysis) is 1. The summed E-state index contributed by atoms with van der Waals surface area (Å²) in [6, 6.07) is 8.41. The first-order chi connectivity index (χ1) is 11.0. The molecule has 1 fully saturated rings. The van der Waals surface area contributed by atoms with Gasteiger partial charge in [-0.15, -0.1) is 0 Å². The van der Waals surface area contributed by atoms with Gasteiger partial charge in [0.05, 0.1) is 7.11 Å². The summed E-state index contributed by atoms with van der Waals surface area (Å²) in [7, 11) is 1.26. The predicted molar refractivity (Wildman–Crippen MR) is 81.3 cm³/mol. The second-order valence-corrected chi connectivity index (χ2v) is 5.39. The molecule has 0 spiro atoms. The lowest BCUT2D eigenvalue weighted by Gasteiger charge is -2.41. The molecule has 1 aromatic carbocycles. The van der Waals surface area contributed by atoms with Gasteiger partial charge in [0.15, 0.2) is 0 Å². The number of amides is 2. The summed E-state index contributed by atoms with van der Waals surface area (Å²) in [5.41, 5.74) is 0.851. The van der Waals surface area contributed by atoms with E-state index in [1.165, 1.54) is 14.0 Å². The van der Waals surface area contributed by atoms with Gasteiger partial charge in [0.25, 0.3) is 0 Å². The highest BCUT2D eigenvalue weighted by Gasteiger charge is 2.40. The van der Waals surface area contributed by atoms with Crippen LogP contribution < -0.4 is 5.32 Å². The molecule has 0 aliphatic carbocycles. The summed E-state index contributed by atoms with van der Waals surface area (Å²) in [4.78, 5) is 36.5. The Labute approximate surface area is 134 Å². The highest BCUT2D eigenvalue weighted by Crippen LogP contribution is 2.20. The van der Waals surface area contributed by atoms with Crippen LogP contribution in [0.15, 0.2) is 30.3 Å². The van der Waals surface area contributed by atoms with Crippen LogP contribution >= 0.6 is 0 Å². The summed E-state index contributed by atoms with van der Waals surface area (Å²) in [5, 5.41) is 2.53. The van der Waals surface area contributed by atoms with Gasteiger partial charge in [0, 0.05) is 25.9 Å². The number of carbonyl (C=O) groups is 3. The molecular weight excluding hydrogens is 300 g/mol. The Hall–Kier alpha value is -2.57. The van der Waals surface area contributed by atoms with Crippen molar-refractivity contribution in [2.75, 3.05) is 20.2 Å². The first kappa shape index (κ1) is 16.8. The van der Waals surface area contributed by atoms with Crippen molar-refractivity contribution in [3.63, 3.8) is 0 Å². The zero-order valence-corrected chi connectivity index (χ0v) is 13.2. The van der Waals surface area contributed by atoms with Crippen LogP contribution in [0.5, 0.6) is 0 Å². The average Bonchev–Trinajstić information content (AvgIpc) is 2.50. The molecule has 2 amide bonds. The second kappa shape index (κ2) is 7.62. The van der Waals surface area contributed by atoms with E-state index in [0.29, 0.717) is 13.1 Å². The number of methoxy groups -OCH3 is 1. The third-order valence-corrected chi connectivity index (χ3v) is 3.77. The molecule has 1 aromatic rings. The van der Waals surface area contributed by atoms with E-state index in [2.05, 4.69) is 5.32 Å². The third-order valence-electron chi connectivity index (χ3n) is 3.77. The van der Waals surface area contributed by atoms with Crippen LogP contribution in [0.3, 0.4) is 0 Å². The number of hydrogen-bond donors (Lipinski definition) is 1. The summed E-state index contributed by atoms with van der Waals surface area (Å²) in [6.07, 6.45) is -0.689. The fraction of sp³-hybridized carbons (Fsp3) is 0.438. The molecule has 0 saturated carbocycles. The van der Waals surface area contributed by atoms with Crippen LogP contribution in [-0.4, -0.2) is 49.1 Å². The number of hydrogen-bond acceptors (Lipinski definition) is 5. The van der Waals surface area contributed by atoms with Crippen molar-refractivity contribution in [3.05, 3.63) is 35.9 Å². The Balaban J connectivity index is 1.86. The zero-order valence-electron chi connectivity index (χ0n) is 13.2. The maximum Gasteiger partial charge on any atom is 0.408 e. The average molecular weight is 320 g/mol. The van der Waals surface area contributed by atoms with E-state index < -0.39 is 18.1 Å². The van der Waals surface area contributed by atoms with Crippen molar-refractivity contribution in [1.82, 2.24) is 10.2 Å². The molecule has 1 saturated heterocycles. The fourth-order valence-corrected chi connectivity index (χ4v) is 2.37. The normalized spacial score (nSPS) is 15.3. The largest absolute Gasteiger partial charge is 0.467 e. The van der Waals surface area contributed by atoms with Gasteiger partial charge in [0.2, 0.25) is 5.91 Å². The third kappa shape index (κ3) is 4.45. The maximum absolute atomic E-state index is 11.9. The molecule has 23 heavy (non-hydrogen) atoms. The molecule has 1 atom stereocenters. The standard InChI is InChI=1S/C16H20N2O5/c1-11(19)18-8-13(9-18)14(15(20)22-2)17-16(21)23-10-12-6-4-3-5-7-12/h3-7,13-14H,8-10H2,1-2H3,(H,17,21)/t14-/m1/s1. The summed E-state index contributed by atoms with van der Waals surface area (Å²) < 4.78 is 9.82. The molecule has 1 aliphatic heterocycles. The summed E-state index contributed by atoms with van der Waals surface area (Å²) in [5.74, 6) is -0.776. The van der Waals surface area contributed by atoms with E-state index in [1.807, 2.05) is 30.3 Å². The van der Waals surface area contributed by atoms with Crippen LogP contribution in [0.2, 0.25) is 0 Å². The minimum absolute atomic E-state index is 0.0588. The van der Waals surface area contributed by atoms with Gasteiger partial charge in [-0.1, -0.05) is 30.3 Å². The number of nitrogens with zero attached hydrogens (tertiary/aromatic N) is 1. The monoisotopic (exact) mass is 320 g/mol. The zero-order chi connectivity index (χ0) is 16.8. The molecule has 0 radical (unpaired) electrons. The molecule has 124 valence electrons. The lowest BCUT2D eigenvalue weighted by Crippen LogP contribution is -2.60. The topological polar surface area (TPSA) is 84.9 Å². The fourth-order valence-electron chi connectivity index (χ4n) is 2.37. The molecule has 0 unspecified atom stereocenters. The van der Waals surface area contributed by atoms with Crippen molar-refractivity contribution in [3.8, 4) is 0 Å². The van der Waals surface area contributed by atoms with Crippen molar-refractivity contribution in [2.45, 2.75) is 19.6 Å². The van der Waals surface area contributed by atoms with Crippen LogP contribution in [0.25, 0.3) is 0 Å². The van der Waals surface area contributed by atoms with Crippen molar-refractivity contribution in [1.29, 1.82) is 0 Å². The van der Waals surface area contributed by atoms with E-state index >= 15 is 0 Å². The Morgan fingerprint density at radius 1 is 1.26 bits per heavy atom. The summed E-state index contributed by atoms with van der Waals surface area (Å²) >= 11 is 0. The second-order valence-electron chi connectivity index (χ2n) is 5.39. The van der Waals surface area contributed by atoms with E-state index in [-0.39, 0.29) is 18.4 Å². The number of esters is 1. The highest BCUT2D eigenvalue weighted by atomic mass is 16.6. The van der Waals surface area contributed by atoms with E-state index in [1.54, 1.807) is 4.90 Å². The molecule has 7 nitrogen and oxygen atoms in total.